The topological polar surface area (TPSA) is 138 Å². The van der Waals surface area contributed by atoms with Crippen LogP contribution in [0.4, 0.5) is 11.4 Å². The quantitative estimate of drug-likeness (QED) is 0.249. The van der Waals surface area contributed by atoms with Crippen molar-refractivity contribution in [1.29, 1.82) is 0 Å². The molecule has 0 saturated carbocycles. The number of nitrogens with one attached hydrogen (secondary N) is 2. The molecule has 0 saturated heterocycles. The number of hydrogen-bond donors (Lipinski definition) is 2. The average Bonchev–Trinajstić information content (AvgIpc) is 2.65. The van der Waals surface area contributed by atoms with Crippen LogP contribution in [0.2, 0.25) is 0 Å². The molecule has 0 heterocycles. The van der Waals surface area contributed by atoms with E-state index in [1.165, 1.54) is 48.5 Å². The van der Waals surface area contributed by atoms with E-state index in [2.05, 4.69) is 33.0 Å². The minimum atomic E-state index is -3.70. The molecular weight excluding hydrogens is 514 g/mol. The molecule has 0 aromatic heterocycles. The summed E-state index contributed by atoms with van der Waals surface area (Å²) in [5.41, 5.74) is 0.898. The molecule has 2 atom stereocenters. The van der Waals surface area contributed by atoms with Crippen molar-refractivity contribution in [2.45, 2.75) is 35.5 Å². The first-order valence-corrected chi connectivity index (χ1v) is 13.5. The molecule has 2 N–H and O–H groups in total. The van der Waals surface area contributed by atoms with E-state index in [1.54, 1.807) is 0 Å². The minimum Gasteiger partial charge on any atom is -0.766 e. The van der Waals surface area contributed by atoms with Crippen LogP contribution in [-0.2, 0) is 49.5 Å². The van der Waals surface area contributed by atoms with Crippen molar-refractivity contribution in [2.75, 3.05) is 10.6 Å². The number of hydrogen-bond acceptors (Lipinski definition) is 8. The van der Waals surface area contributed by atoms with Crippen LogP contribution in [0.5, 0.6) is 0 Å². The summed E-state index contributed by atoms with van der Waals surface area (Å²) in [5, 5.41) is 5.28. The fourth-order valence-corrected chi connectivity index (χ4v) is 4.03. The van der Waals surface area contributed by atoms with Crippen LogP contribution in [0.3, 0.4) is 0 Å². The van der Waals surface area contributed by atoms with Crippen molar-refractivity contribution < 1.29 is 86.2 Å². The SMILES string of the molecule is O=C(CCCCC(=O)Nc1ccc(S(=O)([O-])=S)cc1)Nc1ccc(S(=O)([O-])=S)cc1.[Na+].[Na+]. The Balaban J connectivity index is 0.00000480. The van der Waals surface area contributed by atoms with E-state index in [9.17, 15) is 27.1 Å². The molecule has 0 radical (unpaired) electrons. The predicted octanol–water partition coefficient (Wildman–Crippen LogP) is -3.70. The van der Waals surface area contributed by atoms with E-state index in [1.807, 2.05) is 0 Å². The van der Waals surface area contributed by atoms with E-state index in [-0.39, 0.29) is 93.6 Å². The van der Waals surface area contributed by atoms with Crippen LogP contribution in [0, 0.1) is 0 Å². The zero-order valence-corrected chi connectivity index (χ0v) is 24.8. The van der Waals surface area contributed by atoms with Crippen LogP contribution in [0.25, 0.3) is 0 Å². The van der Waals surface area contributed by atoms with Crippen molar-refractivity contribution in [2.24, 2.45) is 0 Å². The Hall–Kier alpha value is 0.0400. The number of rotatable bonds is 9. The van der Waals surface area contributed by atoms with Crippen molar-refractivity contribution in [3.05, 3.63) is 48.5 Å². The molecule has 14 heteroatoms. The molecule has 32 heavy (non-hydrogen) atoms. The summed E-state index contributed by atoms with van der Waals surface area (Å²) < 4.78 is 44.9. The van der Waals surface area contributed by atoms with Gasteiger partial charge in [0.05, 0.1) is 0 Å². The second-order valence-electron chi connectivity index (χ2n) is 6.26. The second kappa shape index (κ2) is 14.4. The maximum atomic E-state index is 11.9. The molecule has 0 aliphatic heterocycles. The third kappa shape index (κ3) is 11.4. The summed E-state index contributed by atoms with van der Waals surface area (Å²) in [6.45, 7) is 0. The van der Waals surface area contributed by atoms with Crippen LogP contribution < -0.4 is 69.7 Å². The molecule has 0 aliphatic rings. The Morgan fingerprint density at radius 2 is 0.969 bits per heavy atom. The second-order valence-corrected chi connectivity index (χ2v) is 11.7. The third-order valence-electron chi connectivity index (χ3n) is 3.91. The molecule has 0 aliphatic carbocycles. The Morgan fingerprint density at radius 3 is 1.22 bits per heavy atom. The van der Waals surface area contributed by atoms with Gasteiger partial charge in [0.15, 0.2) is 0 Å². The van der Waals surface area contributed by atoms with Crippen LogP contribution in [0.15, 0.2) is 58.3 Å². The van der Waals surface area contributed by atoms with Gasteiger partial charge in [-0.05, 0) is 101 Å². The third-order valence-corrected chi connectivity index (χ3v) is 6.76. The summed E-state index contributed by atoms with van der Waals surface area (Å²) in [5.74, 6) is -0.518. The zero-order valence-electron chi connectivity index (χ0n) is 17.5. The number of benzene rings is 2. The number of carbonyl (C=O) groups is 2. The maximum Gasteiger partial charge on any atom is 1.00 e. The molecule has 162 valence electrons. The van der Waals surface area contributed by atoms with E-state index in [4.69, 9.17) is 0 Å². The van der Waals surface area contributed by atoms with Gasteiger partial charge in [-0.1, -0.05) is 0 Å². The molecule has 2 amide bonds. The van der Waals surface area contributed by atoms with Gasteiger partial charge in [-0.2, -0.15) is 0 Å². The molecule has 2 aromatic carbocycles. The van der Waals surface area contributed by atoms with Gasteiger partial charge in [-0.3, -0.25) is 18.0 Å². The summed E-state index contributed by atoms with van der Waals surface area (Å²) in [7, 11) is -7.41. The first-order valence-electron chi connectivity index (χ1n) is 8.67. The van der Waals surface area contributed by atoms with E-state index >= 15 is 0 Å². The largest absolute Gasteiger partial charge is 1.00 e. The Labute approximate surface area is 241 Å². The number of unbranched alkanes of at least 4 members (excludes halogenated alkanes) is 1. The molecule has 0 fully saturated rings. The molecule has 2 rings (SSSR count). The van der Waals surface area contributed by atoms with Crippen LogP contribution >= 0.6 is 0 Å². The van der Waals surface area contributed by atoms with Gasteiger partial charge in [0.2, 0.25) is 11.8 Å². The molecule has 2 unspecified atom stereocenters. The Kier molecular flexibility index (Phi) is 14.5. The predicted molar refractivity (Wildman–Crippen MR) is 118 cm³/mol. The monoisotopic (exact) mass is 532 g/mol. The normalized spacial score (nSPS) is 13.9. The Bertz CT molecular complexity index is 1030. The van der Waals surface area contributed by atoms with Gasteiger partial charge in [-0.15, -0.1) is 0 Å². The fourth-order valence-electron chi connectivity index (χ4n) is 2.43. The van der Waals surface area contributed by atoms with E-state index in [0.717, 1.165) is 0 Å². The first-order chi connectivity index (χ1) is 13.9. The molecular formula is C18H18N2Na2O6S4. The van der Waals surface area contributed by atoms with Crippen molar-refractivity contribution >= 4 is 63.1 Å². The fraction of sp³-hybridized carbons (Fsp3) is 0.222. The summed E-state index contributed by atoms with van der Waals surface area (Å²) >= 11 is 8.72. The molecule has 2 aromatic rings. The summed E-state index contributed by atoms with van der Waals surface area (Å²) in [6, 6.07) is 11.1. The number of anilines is 2. The standard InChI is InChI=1S/C18H20N2O6S4.2Na/c21-17(19-13-5-9-15(10-6-13)29(23,24)27)3-1-2-4-18(22)20-14-7-11-16(12-8-14)30(25,26)28;;/h5-12H,1-4H2,(H,19,21)(H,20,22)(H,23,24,27)(H,25,26,28);;/q;2*+1/p-2. The smallest absolute Gasteiger partial charge is 0.766 e. The van der Waals surface area contributed by atoms with Gasteiger partial charge in [0.1, 0.15) is 0 Å². The Morgan fingerprint density at radius 1 is 0.688 bits per heavy atom. The summed E-state index contributed by atoms with van der Waals surface area (Å²) in [6.07, 6.45) is 1.34. The number of amides is 2. The van der Waals surface area contributed by atoms with Crippen molar-refractivity contribution in [1.82, 2.24) is 0 Å². The molecule has 8 nitrogen and oxygen atoms in total. The van der Waals surface area contributed by atoms with Gasteiger partial charge in [-0.25, -0.2) is 0 Å². The van der Waals surface area contributed by atoms with Crippen LogP contribution in [-0.4, -0.2) is 29.3 Å². The zero-order chi connectivity index (χ0) is 22.4. The van der Waals surface area contributed by atoms with Crippen molar-refractivity contribution in [3.8, 4) is 0 Å². The van der Waals surface area contributed by atoms with E-state index < -0.39 is 17.5 Å². The average molecular weight is 533 g/mol. The number of carbonyl (C=O) groups excluding carboxylic acids is 2. The van der Waals surface area contributed by atoms with Gasteiger partial charge < -0.3 is 19.7 Å². The molecule has 0 bridgehead atoms. The molecule has 0 spiro atoms. The van der Waals surface area contributed by atoms with Gasteiger partial charge in [0, 0.05) is 34.0 Å². The maximum absolute atomic E-state index is 11.9. The first kappa shape index (κ1) is 32.0. The van der Waals surface area contributed by atoms with Gasteiger partial charge in [0.25, 0.3) is 0 Å². The minimum absolute atomic E-state index is 0. The van der Waals surface area contributed by atoms with Gasteiger partial charge >= 0.3 is 59.1 Å². The van der Waals surface area contributed by atoms with E-state index in [0.29, 0.717) is 24.2 Å². The summed E-state index contributed by atoms with van der Waals surface area (Å²) in [4.78, 5) is 23.8. The van der Waals surface area contributed by atoms with Crippen molar-refractivity contribution in [3.63, 3.8) is 0 Å². The van der Waals surface area contributed by atoms with Crippen LogP contribution in [0.1, 0.15) is 25.7 Å².